The third kappa shape index (κ3) is 5.18. The molecular formula is C22H24ClF2NO3. The molecule has 0 unspecified atom stereocenters. The van der Waals surface area contributed by atoms with Crippen LogP contribution in [0.1, 0.15) is 18.4 Å². The van der Waals surface area contributed by atoms with Gasteiger partial charge in [-0.3, -0.25) is 4.90 Å². The summed E-state index contributed by atoms with van der Waals surface area (Å²) in [4.78, 5) is 2.31. The first-order valence-electron chi connectivity index (χ1n) is 9.82. The Kier molecular flexibility index (Phi) is 6.23. The Hall–Kier alpha value is -1.89. The molecule has 2 fully saturated rings. The van der Waals surface area contributed by atoms with Crippen LogP contribution in [-0.2, 0) is 6.54 Å². The van der Waals surface area contributed by atoms with E-state index in [1.54, 1.807) is 24.3 Å². The van der Waals surface area contributed by atoms with E-state index in [2.05, 4.69) is 9.64 Å². The van der Waals surface area contributed by atoms with Crippen molar-refractivity contribution in [2.45, 2.75) is 38.2 Å². The molecular weight excluding hydrogens is 400 g/mol. The van der Waals surface area contributed by atoms with Gasteiger partial charge in [-0.2, -0.15) is 8.78 Å². The third-order valence-electron chi connectivity index (χ3n) is 5.77. The number of fused-ring (bicyclic) bond motifs is 1. The van der Waals surface area contributed by atoms with Crippen molar-refractivity contribution in [1.82, 2.24) is 4.90 Å². The standard InChI is InChI=1S/C22H24ClF2NO3/c23-17-4-2-6-19(10-17)28-21-9-16-13-26(12-15(16)8-20(21)27)11-14-3-1-5-18(7-14)29-22(24)25/h1-7,10,15-16,20-22,27H,8-9,11-13H2/t15-,16+,20+,21+/m0/s1. The molecule has 2 aromatic carbocycles. The highest BCUT2D eigenvalue weighted by Crippen LogP contribution is 2.38. The summed E-state index contributed by atoms with van der Waals surface area (Å²) in [5, 5.41) is 11.2. The van der Waals surface area contributed by atoms with E-state index < -0.39 is 12.7 Å². The average Bonchev–Trinajstić information content (AvgIpc) is 3.02. The van der Waals surface area contributed by atoms with Gasteiger partial charge < -0.3 is 14.6 Å². The monoisotopic (exact) mass is 423 g/mol. The normalized spacial score (nSPS) is 27.1. The van der Waals surface area contributed by atoms with Crippen molar-refractivity contribution in [2.24, 2.45) is 11.8 Å². The van der Waals surface area contributed by atoms with Gasteiger partial charge in [0.25, 0.3) is 0 Å². The highest BCUT2D eigenvalue weighted by atomic mass is 35.5. The zero-order valence-electron chi connectivity index (χ0n) is 15.9. The molecule has 4 atom stereocenters. The summed E-state index contributed by atoms with van der Waals surface area (Å²) >= 11 is 6.02. The number of nitrogens with zero attached hydrogens (tertiary/aromatic N) is 1. The van der Waals surface area contributed by atoms with Crippen molar-refractivity contribution in [3.63, 3.8) is 0 Å². The van der Waals surface area contributed by atoms with Crippen LogP contribution < -0.4 is 9.47 Å². The maximum Gasteiger partial charge on any atom is 0.387 e. The minimum Gasteiger partial charge on any atom is -0.488 e. The molecule has 4 rings (SSSR count). The minimum absolute atomic E-state index is 0.180. The number of likely N-dealkylation sites (tertiary alicyclic amines) is 1. The zero-order valence-corrected chi connectivity index (χ0v) is 16.6. The van der Waals surface area contributed by atoms with Crippen molar-refractivity contribution in [3.05, 3.63) is 59.1 Å². The summed E-state index contributed by atoms with van der Waals surface area (Å²) in [7, 11) is 0. The second-order valence-corrected chi connectivity index (χ2v) is 8.33. The molecule has 1 aliphatic carbocycles. The molecule has 7 heteroatoms. The van der Waals surface area contributed by atoms with Gasteiger partial charge in [-0.05, 0) is 60.6 Å². The molecule has 0 bridgehead atoms. The molecule has 1 N–H and O–H groups in total. The maximum atomic E-state index is 12.4. The molecule has 2 aromatic rings. The van der Waals surface area contributed by atoms with E-state index in [4.69, 9.17) is 16.3 Å². The molecule has 0 aromatic heterocycles. The summed E-state index contributed by atoms with van der Waals surface area (Å²) in [5.74, 6) is 1.69. The van der Waals surface area contributed by atoms with Crippen molar-refractivity contribution >= 4 is 11.6 Å². The number of benzene rings is 2. The summed E-state index contributed by atoms with van der Waals surface area (Å²) in [6.45, 7) is -0.375. The van der Waals surface area contributed by atoms with Gasteiger partial charge in [0.15, 0.2) is 0 Å². The number of aliphatic hydroxyl groups excluding tert-OH is 1. The lowest BCUT2D eigenvalue weighted by atomic mass is 9.78. The lowest BCUT2D eigenvalue weighted by molar-refractivity contribution is -0.0499. The van der Waals surface area contributed by atoms with Crippen LogP contribution in [-0.4, -0.2) is 41.9 Å². The second kappa shape index (κ2) is 8.86. The highest BCUT2D eigenvalue weighted by Gasteiger charge is 2.42. The first kappa shape index (κ1) is 20.4. The van der Waals surface area contributed by atoms with E-state index in [0.29, 0.717) is 35.6 Å². The van der Waals surface area contributed by atoms with Crippen LogP contribution in [0.4, 0.5) is 8.78 Å². The molecule has 4 nitrogen and oxygen atoms in total. The van der Waals surface area contributed by atoms with Crippen LogP contribution in [0.5, 0.6) is 11.5 Å². The lowest BCUT2D eigenvalue weighted by Crippen LogP contribution is -2.42. The van der Waals surface area contributed by atoms with Gasteiger partial charge >= 0.3 is 6.61 Å². The predicted octanol–water partition coefficient (Wildman–Crippen LogP) is 4.59. The Morgan fingerprint density at radius 2 is 1.76 bits per heavy atom. The van der Waals surface area contributed by atoms with Crippen LogP contribution in [0.15, 0.2) is 48.5 Å². The number of halogens is 3. The molecule has 0 amide bonds. The molecule has 1 saturated carbocycles. The molecule has 156 valence electrons. The number of aliphatic hydroxyl groups is 1. The van der Waals surface area contributed by atoms with Crippen LogP contribution >= 0.6 is 11.6 Å². The summed E-state index contributed by atoms with van der Waals surface area (Å²) in [6, 6.07) is 14.1. The van der Waals surface area contributed by atoms with Crippen molar-refractivity contribution in [1.29, 1.82) is 0 Å². The molecule has 29 heavy (non-hydrogen) atoms. The van der Waals surface area contributed by atoms with E-state index in [-0.39, 0.29) is 11.9 Å². The Bertz CT molecular complexity index is 837. The van der Waals surface area contributed by atoms with Gasteiger partial charge in [-0.15, -0.1) is 0 Å². The van der Waals surface area contributed by atoms with Crippen LogP contribution in [0, 0.1) is 11.8 Å². The van der Waals surface area contributed by atoms with Gasteiger partial charge in [0.1, 0.15) is 17.6 Å². The Morgan fingerprint density at radius 3 is 2.52 bits per heavy atom. The zero-order chi connectivity index (χ0) is 20.4. The molecule has 1 aliphatic heterocycles. The van der Waals surface area contributed by atoms with Crippen LogP contribution in [0.3, 0.4) is 0 Å². The Labute approximate surface area is 174 Å². The van der Waals surface area contributed by atoms with E-state index in [1.165, 1.54) is 6.07 Å². The maximum absolute atomic E-state index is 12.4. The average molecular weight is 424 g/mol. The molecule has 0 spiro atoms. The van der Waals surface area contributed by atoms with Crippen LogP contribution in [0.2, 0.25) is 5.02 Å². The van der Waals surface area contributed by atoms with E-state index in [9.17, 15) is 13.9 Å². The lowest BCUT2D eigenvalue weighted by Gasteiger charge is -2.35. The Morgan fingerprint density at radius 1 is 1.03 bits per heavy atom. The number of alkyl halides is 2. The predicted molar refractivity (Wildman–Crippen MR) is 106 cm³/mol. The summed E-state index contributed by atoms with van der Waals surface area (Å²) in [5.41, 5.74) is 0.939. The van der Waals surface area contributed by atoms with Gasteiger partial charge in [0, 0.05) is 24.7 Å². The van der Waals surface area contributed by atoms with E-state index in [0.717, 1.165) is 25.1 Å². The topological polar surface area (TPSA) is 41.9 Å². The van der Waals surface area contributed by atoms with Crippen molar-refractivity contribution in [2.75, 3.05) is 13.1 Å². The quantitative estimate of drug-likeness (QED) is 0.737. The van der Waals surface area contributed by atoms with E-state index in [1.807, 2.05) is 18.2 Å². The fourth-order valence-corrected chi connectivity index (χ4v) is 4.72. The largest absolute Gasteiger partial charge is 0.488 e. The van der Waals surface area contributed by atoms with Gasteiger partial charge in [-0.25, -0.2) is 0 Å². The first-order chi connectivity index (χ1) is 14.0. The van der Waals surface area contributed by atoms with Gasteiger partial charge in [-0.1, -0.05) is 29.8 Å². The number of hydrogen-bond donors (Lipinski definition) is 1. The molecule has 1 saturated heterocycles. The molecule has 1 heterocycles. The molecule has 2 aliphatic rings. The van der Waals surface area contributed by atoms with Crippen LogP contribution in [0.25, 0.3) is 0 Å². The smallest absolute Gasteiger partial charge is 0.387 e. The number of ether oxygens (including phenoxy) is 2. The third-order valence-corrected chi connectivity index (χ3v) is 6.01. The van der Waals surface area contributed by atoms with Crippen molar-refractivity contribution < 1.29 is 23.4 Å². The summed E-state index contributed by atoms with van der Waals surface area (Å²) < 4.78 is 35.4. The fourth-order valence-electron chi connectivity index (χ4n) is 4.54. The van der Waals surface area contributed by atoms with Gasteiger partial charge in [0.05, 0.1) is 6.10 Å². The fraction of sp³-hybridized carbons (Fsp3) is 0.455. The Balaban J connectivity index is 1.36. The molecule has 0 radical (unpaired) electrons. The number of rotatable bonds is 6. The first-order valence-corrected chi connectivity index (χ1v) is 10.2. The second-order valence-electron chi connectivity index (χ2n) is 7.89. The van der Waals surface area contributed by atoms with E-state index >= 15 is 0 Å². The number of hydrogen-bond acceptors (Lipinski definition) is 4. The van der Waals surface area contributed by atoms with Gasteiger partial charge in [0.2, 0.25) is 0 Å². The highest BCUT2D eigenvalue weighted by molar-refractivity contribution is 6.30. The van der Waals surface area contributed by atoms with Crippen molar-refractivity contribution in [3.8, 4) is 11.5 Å². The minimum atomic E-state index is -2.82. The SMILES string of the molecule is O[C@@H]1C[C@H]2CN(Cc3cccc(OC(F)F)c3)C[C@H]2C[C@H]1Oc1cccc(Cl)c1. The summed E-state index contributed by atoms with van der Waals surface area (Å²) in [6.07, 6.45) is 0.708.